The highest BCUT2D eigenvalue weighted by atomic mass is 32.1. The van der Waals surface area contributed by atoms with Crippen molar-refractivity contribution in [3.05, 3.63) is 40.3 Å². The molecule has 0 N–H and O–H groups in total. The van der Waals surface area contributed by atoms with Crippen LogP contribution in [0.4, 0.5) is 4.39 Å². The van der Waals surface area contributed by atoms with Crippen molar-refractivity contribution in [3.63, 3.8) is 0 Å². The molecule has 0 aromatic carbocycles. The smallest absolute Gasteiger partial charge is 0.0982 e. The SMILES string of the molecule is C/C(F)=C/c1ccc(-c2cccs2)s1. The predicted molar refractivity (Wildman–Crippen MR) is 62.4 cm³/mol. The van der Waals surface area contributed by atoms with Gasteiger partial charge in [0.1, 0.15) is 0 Å². The lowest BCUT2D eigenvalue weighted by molar-refractivity contribution is 0.648. The van der Waals surface area contributed by atoms with Crippen molar-refractivity contribution in [1.29, 1.82) is 0 Å². The Balaban J connectivity index is 2.31. The van der Waals surface area contributed by atoms with Crippen molar-refractivity contribution in [2.75, 3.05) is 0 Å². The quantitative estimate of drug-likeness (QED) is 0.687. The Bertz CT molecular complexity index is 434. The number of rotatable bonds is 2. The molecular weight excluding hydrogens is 215 g/mol. The first-order valence-electron chi connectivity index (χ1n) is 4.23. The second-order valence-electron chi connectivity index (χ2n) is 2.91. The molecule has 0 spiro atoms. The Hall–Kier alpha value is -0.930. The monoisotopic (exact) mass is 224 g/mol. The molecule has 0 aliphatic rings. The van der Waals surface area contributed by atoms with Gasteiger partial charge in [-0.25, -0.2) is 4.39 Å². The van der Waals surface area contributed by atoms with Crippen LogP contribution in [0.3, 0.4) is 0 Å². The van der Waals surface area contributed by atoms with Crippen LogP contribution in [0.15, 0.2) is 35.5 Å². The number of thiophene rings is 2. The summed E-state index contributed by atoms with van der Waals surface area (Å²) in [6.45, 7) is 1.46. The van der Waals surface area contributed by atoms with E-state index in [1.54, 1.807) is 28.7 Å². The largest absolute Gasteiger partial charge is 0.212 e. The molecule has 0 atom stereocenters. The first-order valence-corrected chi connectivity index (χ1v) is 5.93. The maximum absolute atomic E-state index is 12.6. The summed E-state index contributed by atoms with van der Waals surface area (Å²) < 4.78 is 12.6. The minimum absolute atomic E-state index is 0.149. The van der Waals surface area contributed by atoms with Crippen molar-refractivity contribution in [2.24, 2.45) is 0 Å². The van der Waals surface area contributed by atoms with Crippen LogP contribution < -0.4 is 0 Å². The van der Waals surface area contributed by atoms with E-state index in [1.807, 2.05) is 23.6 Å². The van der Waals surface area contributed by atoms with E-state index < -0.39 is 0 Å². The number of hydrogen-bond acceptors (Lipinski definition) is 2. The summed E-state index contributed by atoms with van der Waals surface area (Å²) in [6.07, 6.45) is 1.56. The van der Waals surface area contributed by atoms with Gasteiger partial charge in [0.05, 0.1) is 5.83 Å². The first kappa shape index (κ1) is 9.62. The molecule has 0 saturated carbocycles. The minimum atomic E-state index is -0.149. The zero-order valence-electron chi connectivity index (χ0n) is 7.66. The Kier molecular flexibility index (Phi) is 2.79. The molecule has 2 rings (SSSR count). The van der Waals surface area contributed by atoms with Crippen LogP contribution in [0.2, 0.25) is 0 Å². The van der Waals surface area contributed by atoms with Gasteiger partial charge in [-0.15, -0.1) is 22.7 Å². The van der Waals surface area contributed by atoms with Crippen LogP contribution in [-0.2, 0) is 0 Å². The van der Waals surface area contributed by atoms with Crippen molar-refractivity contribution in [1.82, 2.24) is 0 Å². The normalized spacial score (nSPS) is 12.0. The fourth-order valence-corrected chi connectivity index (χ4v) is 3.01. The molecule has 14 heavy (non-hydrogen) atoms. The molecule has 72 valence electrons. The fourth-order valence-electron chi connectivity index (χ4n) is 1.18. The van der Waals surface area contributed by atoms with Crippen molar-refractivity contribution < 1.29 is 4.39 Å². The zero-order chi connectivity index (χ0) is 9.97. The molecule has 0 saturated heterocycles. The van der Waals surface area contributed by atoms with E-state index in [0.717, 1.165) is 4.88 Å². The highest BCUT2D eigenvalue weighted by Gasteiger charge is 2.01. The van der Waals surface area contributed by atoms with Crippen molar-refractivity contribution in [2.45, 2.75) is 6.92 Å². The first-order chi connectivity index (χ1) is 6.75. The van der Waals surface area contributed by atoms with Crippen molar-refractivity contribution >= 4 is 28.7 Å². The van der Waals surface area contributed by atoms with E-state index >= 15 is 0 Å². The lowest BCUT2D eigenvalue weighted by Crippen LogP contribution is -1.59. The summed E-state index contributed by atoms with van der Waals surface area (Å²) in [4.78, 5) is 3.41. The third kappa shape index (κ3) is 2.11. The Morgan fingerprint density at radius 3 is 2.79 bits per heavy atom. The van der Waals surface area contributed by atoms with Gasteiger partial charge in [-0.2, -0.15) is 0 Å². The third-order valence-electron chi connectivity index (χ3n) is 1.73. The topological polar surface area (TPSA) is 0 Å². The van der Waals surface area contributed by atoms with Gasteiger partial charge in [-0.1, -0.05) is 6.07 Å². The Labute approximate surface area is 90.3 Å². The molecule has 0 bridgehead atoms. The number of halogens is 1. The van der Waals surface area contributed by atoms with E-state index in [0.29, 0.717) is 0 Å². The van der Waals surface area contributed by atoms with Crippen molar-refractivity contribution in [3.8, 4) is 9.75 Å². The fraction of sp³-hybridized carbons (Fsp3) is 0.0909. The van der Waals surface area contributed by atoms with Gasteiger partial charge in [0, 0.05) is 14.6 Å². The Morgan fingerprint density at radius 1 is 1.29 bits per heavy atom. The number of hydrogen-bond donors (Lipinski definition) is 0. The van der Waals surface area contributed by atoms with Crippen LogP contribution in [0.5, 0.6) is 0 Å². The molecule has 0 aliphatic heterocycles. The summed E-state index contributed by atoms with van der Waals surface area (Å²) >= 11 is 3.32. The highest BCUT2D eigenvalue weighted by molar-refractivity contribution is 7.21. The van der Waals surface area contributed by atoms with E-state index in [1.165, 1.54) is 16.7 Å². The summed E-state index contributed by atoms with van der Waals surface area (Å²) in [6, 6.07) is 8.08. The summed E-state index contributed by atoms with van der Waals surface area (Å²) in [5.41, 5.74) is 0. The summed E-state index contributed by atoms with van der Waals surface area (Å²) in [5.74, 6) is -0.149. The van der Waals surface area contributed by atoms with E-state index in [4.69, 9.17) is 0 Å². The molecule has 0 amide bonds. The molecule has 0 unspecified atom stereocenters. The molecule has 0 fully saturated rings. The zero-order valence-corrected chi connectivity index (χ0v) is 9.29. The third-order valence-corrected chi connectivity index (χ3v) is 3.83. The maximum Gasteiger partial charge on any atom is 0.0982 e. The lowest BCUT2D eigenvalue weighted by Gasteiger charge is -1.87. The second-order valence-corrected chi connectivity index (χ2v) is 4.97. The second kappa shape index (κ2) is 4.07. The van der Waals surface area contributed by atoms with Crippen LogP contribution in [0.1, 0.15) is 11.8 Å². The van der Waals surface area contributed by atoms with Crippen LogP contribution >= 0.6 is 22.7 Å². The minimum Gasteiger partial charge on any atom is -0.212 e. The molecule has 2 heterocycles. The lowest BCUT2D eigenvalue weighted by atomic mass is 10.3. The average Bonchev–Trinajstić information content (AvgIpc) is 2.69. The molecule has 0 radical (unpaired) electrons. The van der Waals surface area contributed by atoms with Crippen LogP contribution in [0, 0.1) is 0 Å². The Morgan fingerprint density at radius 2 is 2.14 bits per heavy atom. The number of allylic oxidation sites excluding steroid dienone is 1. The molecule has 3 heteroatoms. The van der Waals surface area contributed by atoms with Gasteiger partial charge in [0.25, 0.3) is 0 Å². The van der Waals surface area contributed by atoms with Gasteiger partial charge in [-0.3, -0.25) is 0 Å². The van der Waals surface area contributed by atoms with Gasteiger partial charge < -0.3 is 0 Å². The van der Waals surface area contributed by atoms with Gasteiger partial charge >= 0.3 is 0 Å². The average molecular weight is 224 g/mol. The van der Waals surface area contributed by atoms with Gasteiger partial charge in [0.2, 0.25) is 0 Å². The molecule has 0 nitrogen and oxygen atoms in total. The molecular formula is C11H9FS2. The molecule has 0 aliphatic carbocycles. The summed E-state index contributed by atoms with van der Waals surface area (Å²) in [5, 5.41) is 2.05. The van der Waals surface area contributed by atoms with Gasteiger partial charge in [-0.05, 0) is 36.6 Å². The standard InChI is InChI=1S/C11H9FS2/c1-8(12)7-9-4-5-11(14-9)10-3-2-6-13-10/h2-7H,1H3/b8-7-. The van der Waals surface area contributed by atoms with E-state index in [9.17, 15) is 4.39 Å². The van der Waals surface area contributed by atoms with Gasteiger partial charge in [0.15, 0.2) is 0 Å². The predicted octanol–water partition coefficient (Wildman–Crippen LogP) is 4.81. The van der Waals surface area contributed by atoms with Crippen LogP contribution in [0.25, 0.3) is 15.8 Å². The highest BCUT2D eigenvalue weighted by Crippen LogP contribution is 2.32. The van der Waals surface area contributed by atoms with E-state index in [2.05, 4.69) is 6.07 Å². The van der Waals surface area contributed by atoms with Crippen LogP contribution in [-0.4, -0.2) is 0 Å². The maximum atomic E-state index is 12.6. The molecule has 2 aromatic heterocycles. The molecule has 2 aromatic rings. The van der Waals surface area contributed by atoms with E-state index in [-0.39, 0.29) is 5.83 Å². The summed E-state index contributed by atoms with van der Waals surface area (Å²) in [7, 11) is 0.